The van der Waals surface area contributed by atoms with Crippen LogP contribution < -0.4 is 26.2 Å². The Morgan fingerprint density at radius 1 is 0.957 bits per heavy atom. The molecule has 3 aliphatic rings. The van der Waals surface area contributed by atoms with E-state index in [1.807, 2.05) is 30.5 Å². The standard InChI is InChI=1S/C33H37N11O3/c1-18-30-24(14-35-44(30)22-16-43(17-22)15-21-7-5-10-27(37-21)36-19(2)45)23-8-6-9-25(31(23)42(18)4)38-26-13-28(39-32(46)20-11-12-20)40-41-29(26)33(47)34-3/h5-10,13-14,18,20,22H,11-12,15-17H2,1-4H3,(H,34,47)(H,36,37,45)(H2,38,39,40,46). The SMILES string of the molecule is CNC(=O)c1nnc(NC(=O)C2CC2)cc1Nc1cccc2c1N(C)C(C)c1c-2cnn1C1CN(Cc2cccc(NC(C)=O)n2)C1. The molecule has 0 bridgehead atoms. The van der Waals surface area contributed by atoms with Crippen LogP contribution in [0.15, 0.2) is 48.7 Å². The first-order chi connectivity index (χ1) is 22.7. The number of carbonyl (C=O) groups is 3. The second kappa shape index (κ2) is 12.1. The third-order valence-electron chi connectivity index (χ3n) is 8.97. The molecule has 3 aromatic heterocycles. The minimum absolute atomic E-state index is 0.00599. The van der Waals surface area contributed by atoms with Crippen LogP contribution in [0.4, 0.5) is 28.7 Å². The van der Waals surface area contributed by atoms with Gasteiger partial charge in [-0.05, 0) is 38.0 Å². The Hall–Kier alpha value is -5.37. The van der Waals surface area contributed by atoms with Gasteiger partial charge in [0.25, 0.3) is 5.91 Å². The van der Waals surface area contributed by atoms with Gasteiger partial charge in [-0.3, -0.25) is 24.0 Å². The van der Waals surface area contributed by atoms with E-state index in [9.17, 15) is 14.4 Å². The Morgan fingerprint density at radius 3 is 2.49 bits per heavy atom. The monoisotopic (exact) mass is 635 g/mol. The number of likely N-dealkylation sites (tertiary alicyclic amines) is 1. The molecule has 1 aromatic carbocycles. The van der Waals surface area contributed by atoms with Gasteiger partial charge in [-0.1, -0.05) is 18.2 Å². The van der Waals surface area contributed by atoms with Crippen LogP contribution in [0, 0.1) is 5.92 Å². The van der Waals surface area contributed by atoms with Crippen molar-refractivity contribution in [1.82, 2.24) is 35.2 Å². The normalized spacial score (nSPS) is 17.3. The van der Waals surface area contributed by atoms with Gasteiger partial charge in [0.1, 0.15) is 5.82 Å². The lowest BCUT2D eigenvalue weighted by atomic mass is 9.93. The number of nitrogens with one attached hydrogen (secondary N) is 4. The van der Waals surface area contributed by atoms with Crippen molar-refractivity contribution < 1.29 is 14.4 Å². The molecule has 2 aliphatic heterocycles. The molecule has 7 rings (SSSR count). The summed E-state index contributed by atoms with van der Waals surface area (Å²) in [7, 11) is 3.60. The third kappa shape index (κ3) is 5.87. The first-order valence-corrected chi connectivity index (χ1v) is 15.8. The van der Waals surface area contributed by atoms with Crippen molar-refractivity contribution in [1.29, 1.82) is 0 Å². The number of carbonyl (C=O) groups excluding carboxylic acids is 3. The molecule has 5 heterocycles. The quantitative estimate of drug-likeness (QED) is 0.213. The summed E-state index contributed by atoms with van der Waals surface area (Å²) >= 11 is 0. The van der Waals surface area contributed by atoms with E-state index in [1.54, 1.807) is 19.2 Å². The van der Waals surface area contributed by atoms with Crippen LogP contribution in [-0.4, -0.2) is 74.8 Å². The number of amides is 3. The summed E-state index contributed by atoms with van der Waals surface area (Å²) < 4.78 is 2.16. The Kier molecular flexibility index (Phi) is 7.80. The number of rotatable bonds is 9. The maximum Gasteiger partial charge on any atom is 0.273 e. The minimum atomic E-state index is -0.388. The molecule has 3 amide bonds. The third-order valence-corrected chi connectivity index (χ3v) is 8.97. The van der Waals surface area contributed by atoms with Gasteiger partial charge in [-0.15, -0.1) is 10.2 Å². The van der Waals surface area contributed by atoms with E-state index >= 15 is 0 Å². The van der Waals surface area contributed by atoms with Crippen molar-refractivity contribution in [2.45, 2.75) is 45.3 Å². The van der Waals surface area contributed by atoms with Crippen LogP contribution in [0.3, 0.4) is 0 Å². The van der Waals surface area contributed by atoms with Crippen molar-refractivity contribution >= 4 is 46.4 Å². The molecule has 242 valence electrons. The van der Waals surface area contributed by atoms with Gasteiger partial charge in [0.15, 0.2) is 11.5 Å². The molecular formula is C33H37N11O3. The molecule has 4 aromatic rings. The molecule has 0 spiro atoms. The Labute approximate surface area is 271 Å². The van der Waals surface area contributed by atoms with E-state index in [1.165, 1.54) is 6.92 Å². The summed E-state index contributed by atoms with van der Waals surface area (Å²) in [5.41, 5.74) is 6.46. The van der Waals surface area contributed by atoms with E-state index < -0.39 is 0 Å². The molecule has 14 nitrogen and oxygen atoms in total. The van der Waals surface area contributed by atoms with Crippen LogP contribution in [0.2, 0.25) is 0 Å². The minimum Gasteiger partial charge on any atom is -0.364 e. The molecule has 1 atom stereocenters. The van der Waals surface area contributed by atoms with Crippen molar-refractivity contribution in [3.63, 3.8) is 0 Å². The van der Waals surface area contributed by atoms with Crippen LogP contribution in [0.5, 0.6) is 0 Å². The highest BCUT2D eigenvalue weighted by molar-refractivity contribution is 6.01. The van der Waals surface area contributed by atoms with Crippen LogP contribution in [-0.2, 0) is 16.1 Å². The average molecular weight is 636 g/mol. The lowest BCUT2D eigenvalue weighted by molar-refractivity contribution is -0.117. The number of hydrogen-bond donors (Lipinski definition) is 4. The summed E-state index contributed by atoms with van der Waals surface area (Å²) in [5.74, 6) is 0.237. The Balaban J connectivity index is 1.13. The summed E-state index contributed by atoms with van der Waals surface area (Å²) in [6.07, 6.45) is 3.68. The topological polar surface area (TPSA) is 162 Å². The molecule has 4 N–H and O–H groups in total. The second-order valence-corrected chi connectivity index (χ2v) is 12.4. The summed E-state index contributed by atoms with van der Waals surface area (Å²) in [4.78, 5) is 45.7. The molecule has 1 saturated carbocycles. The number of hydrogen-bond acceptors (Lipinski definition) is 10. The van der Waals surface area contributed by atoms with Crippen LogP contribution >= 0.6 is 0 Å². The fourth-order valence-electron chi connectivity index (χ4n) is 6.33. The first-order valence-electron chi connectivity index (χ1n) is 15.8. The van der Waals surface area contributed by atoms with Crippen molar-refractivity contribution in [2.24, 2.45) is 5.92 Å². The van der Waals surface area contributed by atoms with E-state index in [-0.39, 0.29) is 47.2 Å². The number of para-hydroxylation sites is 1. The van der Waals surface area contributed by atoms with E-state index in [0.29, 0.717) is 18.1 Å². The van der Waals surface area contributed by atoms with Gasteiger partial charge >= 0.3 is 0 Å². The predicted molar refractivity (Wildman–Crippen MR) is 177 cm³/mol. The second-order valence-electron chi connectivity index (χ2n) is 12.4. The van der Waals surface area contributed by atoms with E-state index in [0.717, 1.165) is 59.8 Å². The van der Waals surface area contributed by atoms with Crippen LogP contribution in [0.1, 0.15) is 60.6 Å². The number of nitrogens with zero attached hydrogens (tertiary/aromatic N) is 7. The van der Waals surface area contributed by atoms with Crippen molar-refractivity contribution in [3.8, 4) is 11.1 Å². The van der Waals surface area contributed by atoms with Gasteiger partial charge in [-0.2, -0.15) is 5.10 Å². The van der Waals surface area contributed by atoms with Crippen molar-refractivity contribution in [2.75, 3.05) is 48.0 Å². The Bertz CT molecular complexity index is 1880. The maximum atomic E-state index is 12.7. The van der Waals surface area contributed by atoms with Gasteiger partial charge in [-0.25, -0.2) is 4.98 Å². The molecular weight excluding hydrogens is 598 g/mol. The molecule has 1 unspecified atom stereocenters. The van der Waals surface area contributed by atoms with Gasteiger partial charge < -0.3 is 26.2 Å². The van der Waals surface area contributed by atoms with Crippen LogP contribution in [0.25, 0.3) is 11.1 Å². The Morgan fingerprint density at radius 2 is 1.74 bits per heavy atom. The molecule has 1 saturated heterocycles. The highest BCUT2D eigenvalue weighted by atomic mass is 16.2. The lowest BCUT2D eigenvalue weighted by Gasteiger charge is -2.42. The van der Waals surface area contributed by atoms with E-state index in [4.69, 9.17) is 5.10 Å². The summed E-state index contributed by atoms with van der Waals surface area (Å²) in [5, 5.41) is 24.8. The highest BCUT2D eigenvalue weighted by Crippen LogP contribution is 2.49. The molecule has 14 heteroatoms. The number of aromatic nitrogens is 5. The number of pyridine rings is 1. The molecule has 2 fully saturated rings. The molecule has 1 aliphatic carbocycles. The molecule has 0 radical (unpaired) electrons. The number of fused-ring (bicyclic) bond motifs is 3. The lowest BCUT2D eigenvalue weighted by Crippen LogP contribution is -2.48. The zero-order chi connectivity index (χ0) is 32.8. The fourth-order valence-corrected chi connectivity index (χ4v) is 6.33. The number of anilines is 5. The summed E-state index contributed by atoms with van der Waals surface area (Å²) in [6, 6.07) is 13.6. The zero-order valence-electron chi connectivity index (χ0n) is 26.7. The smallest absolute Gasteiger partial charge is 0.273 e. The van der Waals surface area contributed by atoms with Crippen molar-refractivity contribution in [3.05, 3.63) is 65.7 Å². The van der Waals surface area contributed by atoms with Gasteiger partial charge in [0.2, 0.25) is 11.8 Å². The maximum absolute atomic E-state index is 12.7. The largest absolute Gasteiger partial charge is 0.364 e. The average Bonchev–Trinajstić information content (AvgIpc) is 3.80. The molecule has 47 heavy (non-hydrogen) atoms. The number of benzene rings is 1. The predicted octanol–water partition coefficient (Wildman–Crippen LogP) is 3.71. The van der Waals surface area contributed by atoms with E-state index in [2.05, 4.69) is 71.0 Å². The zero-order valence-corrected chi connectivity index (χ0v) is 26.7. The first kappa shape index (κ1) is 30.3. The highest BCUT2D eigenvalue weighted by Gasteiger charge is 2.37. The fraction of sp³-hybridized carbons (Fsp3) is 0.364. The van der Waals surface area contributed by atoms with Gasteiger partial charge in [0.05, 0.1) is 46.7 Å². The summed E-state index contributed by atoms with van der Waals surface area (Å²) in [6.45, 7) is 6.00. The van der Waals surface area contributed by atoms with Gasteiger partial charge in [0, 0.05) is 63.8 Å².